The van der Waals surface area contributed by atoms with E-state index >= 15 is 0 Å². The van der Waals surface area contributed by atoms with Crippen molar-refractivity contribution in [3.05, 3.63) is 48.8 Å². The van der Waals surface area contributed by atoms with Crippen LogP contribution in [0.1, 0.15) is 0 Å². The Morgan fingerprint density at radius 3 is 2.85 bits per heavy atom. The van der Waals surface area contributed by atoms with Crippen LogP contribution >= 0.6 is 11.5 Å². The fourth-order valence-corrected chi connectivity index (χ4v) is 4.54. The number of hydrogen-bond acceptors (Lipinski definition) is 8. The Morgan fingerprint density at radius 2 is 2.07 bits per heavy atom. The van der Waals surface area contributed by atoms with Gasteiger partial charge in [-0.3, -0.25) is 4.72 Å². The highest BCUT2D eigenvalue weighted by Crippen LogP contribution is 2.41. The van der Waals surface area contributed by atoms with Crippen LogP contribution in [0.3, 0.4) is 0 Å². The number of benzene rings is 2. The zero-order valence-electron chi connectivity index (χ0n) is 14.3. The Morgan fingerprint density at radius 1 is 1.22 bits per heavy atom. The van der Waals surface area contributed by atoms with Crippen LogP contribution < -0.4 is 19.1 Å². The average Bonchev–Trinajstić information content (AvgIpc) is 3.19. The predicted molar refractivity (Wildman–Crippen MR) is 103 cm³/mol. The van der Waals surface area contributed by atoms with Gasteiger partial charge in [-0.15, -0.1) is 0 Å². The quantitative estimate of drug-likeness (QED) is 0.699. The van der Waals surface area contributed by atoms with Gasteiger partial charge < -0.3 is 14.4 Å². The monoisotopic (exact) mass is 404 g/mol. The molecule has 3 aromatic rings. The lowest BCUT2D eigenvalue weighted by Gasteiger charge is -2.32. The number of anilines is 3. The lowest BCUT2D eigenvalue weighted by Crippen LogP contribution is -2.29. The fourth-order valence-electron chi connectivity index (χ4n) is 2.86. The van der Waals surface area contributed by atoms with Gasteiger partial charge in [0.1, 0.15) is 24.4 Å². The van der Waals surface area contributed by atoms with Crippen LogP contribution in [0, 0.1) is 0 Å². The molecule has 0 saturated carbocycles. The largest absolute Gasteiger partial charge is 0.495 e. The average molecular weight is 404 g/mol. The van der Waals surface area contributed by atoms with Gasteiger partial charge in [-0.1, -0.05) is 12.1 Å². The highest BCUT2D eigenvalue weighted by molar-refractivity contribution is 7.93. The predicted octanol–water partition coefficient (Wildman–Crippen LogP) is 2.88. The molecule has 8 nitrogen and oxygen atoms in total. The molecule has 2 heterocycles. The second-order valence-corrected chi connectivity index (χ2v) is 8.12. The summed E-state index contributed by atoms with van der Waals surface area (Å²) >= 11 is 0.970. The summed E-state index contributed by atoms with van der Waals surface area (Å²) < 4.78 is 42.5. The normalized spacial score (nSPS) is 13.6. The van der Waals surface area contributed by atoms with E-state index in [4.69, 9.17) is 9.47 Å². The minimum absolute atomic E-state index is 0.0957. The minimum atomic E-state index is -3.78. The van der Waals surface area contributed by atoms with E-state index in [0.29, 0.717) is 18.9 Å². The van der Waals surface area contributed by atoms with Crippen LogP contribution in [0.25, 0.3) is 0 Å². The van der Waals surface area contributed by atoms with E-state index < -0.39 is 10.0 Å². The van der Waals surface area contributed by atoms with Crippen LogP contribution in [0.15, 0.2) is 53.7 Å². The lowest BCUT2D eigenvalue weighted by molar-refractivity contribution is 0.312. The summed E-state index contributed by atoms with van der Waals surface area (Å²) in [5, 5.41) is 0.212. The van der Waals surface area contributed by atoms with Gasteiger partial charge in [-0.25, -0.2) is 13.4 Å². The van der Waals surface area contributed by atoms with E-state index in [1.807, 2.05) is 29.2 Å². The number of para-hydroxylation sites is 2. The van der Waals surface area contributed by atoms with E-state index in [2.05, 4.69) is 14.1 Å². The van der Waals surface area contributed by atoms with E-state index in [1.54, 1.807) is 19.2 Å². The van der Waals surface area contributed by atoms with E-state index in [1.165, 1.54) is 12.4 Å². The van der Waals surface area contributed by atoms with Gasteiger partial charge in [0.05, 0.1) is 29.9 Å². The molecule has 0 spiro atoms. The first-order valence-corrected chi connectivity index (χ1v) is 10.3. The molecule has 0 atom stereocenters. The van der Waals surface area contributed by atoms with Crippen LogP contribution in [0.5, 0.6) is 11.5 Å². The molecular formula is C17H16N4O4S2. The fraction of sp³-hybridized carbons (Fsp3) is 0.176. The first-order valence-electron chi connectivity index (χ1n) is 8.05. The molecule has 4 rings (SSSR count). The van der Waals surface area contributed by atoms with Crippen molar-refractivity contribution in [3.8, 4) is 11.5 Å². The van der Waals surface area contributed by atoms with E-state index in [0.717, 1.165) is 28.7 Å². The molecule has 0 unspecified atom stereocenters. The van der Waals surface area contributed by atoms with Gasteiger partial charge in [0.2, 0.25) is 5.13 Å². The van der Waals surface area contributed by atoms with Crippen molar-refractivity contribution in [1.29, 1.82) is 0 Å². The van der Waals surface area contributed by atoms with Gasteiger partial charge >= 0.3 is 0 Å². The number of rotatable bonds is 5. The molecule has 140 valence electrons. The number of sulfonamides is 1. The third-order valence-electron chi connectivity index (χ3n) is 4.06. The van der Waals surface area contributed by atoms with E-state index in [9.17, 15) is 8.42 Å². The van der Waals surface area contributed by atoms with Crippen molar-refractivity contribution in [2.45, 2.75) is 4.90 Å². The Bertz CT molecular complexity index is 1050. The zero-order valence-corrected chi connectivity index (χ0v) is 16.0. The Labute approximate surface area is 160 Å². The van der Waals surface area contributed by atoms with Gasteiger partial charge in [-0.2, -0.15) is 4.37 Å². The van der Waals surface area contributed by atoms with Gasteiger partial charge in [-0.05, 0) is 24.3 Å². The molecule has 1 aliphatic rings. The third kappa shape index (κ3) is 3.40. The standard InChI is InChI=1S/C17H16N4O4S2/c1-24-15-5-3-2-4-13(15)21-8-9-25-16-10-12(6-7-14(16)21)27(22,23)20-17-18-11-19-26-17/h2-7,10-11H,8-9H2,1H3,(H,18,19,20). The molecular weight excluding hydrogens is 388 g/mol. The highest BCUT2D eigenvalue weighted by Gasteiger charge is 2.25. The first-order chi connectivity index (χ1) is 13.1. The second-order valence-electron chi connectivity index (χ2n) is 5.65. The van der Waals surface area contributed by atoms with Crippen LogP contribution in [0.2, 0.25) is 0 Å². The Hall–Kier alpha value is -2.85. The smallest absolute Gasteiger partial charge is 0.263 e. The van der Waals surface area contributed by atoms with Crippen molar-refractivity contribution in [3.63, 3.8) is 0 Å². The highest BCUT2D eigenvalue weighted by atomic mass is 32.2. The van der Waals surface area contributed by atoms with Crippen molar-refractivity contribution >= 4 is 38.1 Å². The van der Waals surface area contributed by atoms with Gasteiger partial charge in [0.25, 0.3) is 10.0 Å². The van der Waals surface area contributed by atoms with Crippen molar-refractivity contribution < 1.29 is 17.9 Å². The third-order valence-corrected chi connectivity index (χ3v) is 6.11. The number of ether oxygens (including phenoxy) is 2. The molecule has 0 bridgehead atoms. The molecule has 0 saturated heterocycles. The van der Waals surface area contributed by atoms with Crippen molar-refractivity contribution in [2.75, 3.05) is 29.9 Å². The summed E-state index contributed by atoms with van der Waals surface area (Å²) in [7, 11) is -2.16. The first kappa shape index (κ1) is 17.6. The number of nitrogens with zero attached hydrogens (tertiary/aromatic N) is 3. The van der Waals surface area contributed by atoms with Gasteiger partial charge in [0, 0.05) is 17.6 Å². The Balaban J connectivity index is 1.70. The maximum atomic E-state index is 12.6. The number of nitrogens with one attached hydrogen (secondary N) is 1. The van der Waals surface area contributed by atoms with Crippen molar-refractivity contribution in [1.82, 2.24) is 9.36 Å². The number of aromatic nitrogens is 2. The summed E-state index contributed by atoms with van der Waals surface area (Å²) in [6.07, 6.45) is 1.30. The van der Waals surface area contributed by atoms with Crippen LogP contribution in [-0.2, 0) is 10.0 Å². The molecule has 27 heavy (non-hydrogen) atoms. The summed E-state index contributed by atoms with van der Waals surface area (Å²) in [6.45, 7) is 1.06. The molecule has 0 fully saturated rings. The summed E-state index contributed by atoms with van der Waals surface area (Å²) in [4.78, 5) is 5.99. The number of methoxy groups -OCH3 is 1. The van der Waals surface area contributed by atoms with Crippen LogP contribution in [0.4, 0.5) is 16.5 Å². The van der Waals surface area contributed by atoms with Gasteiger partial charge in [0.15, 0.2) is 0 Å². The molecule has 0 aliphatic carbocycles. The van der Waals surface area contributed by atoms with Crippen LogP contribution in [-0.4, -0.2) is 38.0 Å². The maximum absolute atomic E-state index is 12.6. The SMILES string of the molecule is COc1ccccc1N1CCOc2cc(S(=O)(=O)Nc3ncns3)ccc21. The van der Waals surface area contributed by atoms with Crippen molar-refractivity contribution in [2.24, 2.45) is 0 Å². The summed E-state index contributed by atoms with van der Waals surface area (Å²) in [5.41, 5.74) is 1.67. The summed E-state index contributed by atoms with van der Waals surface area (Å²) in [5.74, 6) is 1.23. The lowest BCUT2D eigenvalue weighted by atomic mass is 10.2. The molecule has 1 N–H and O–H groups in total. The second kappa shape index (κ2) is 7.05. The summed E-state index contributed by atoms with van der Waals surface area (Å²) in [6, 6.07) is 12.5. The van der Waals surface area contributed by atoms with E-state index in [-0.39, 0.29) is 10.0 Å². The molecule has 0 amide bonds. The topological polar surface area (TPSA) is 93.7 Å². The molecule has 2 aromatic carbocycles. The number of hydrogen-bond donors (Lipinski definition) is 1. The maximum Gasteiger partial charge on any atom is 0.263 e. The molecule has 1 aliphatic heterocycles. The zero-order chi connectivity index (χ0) is 18.9. The Kier molecular flexibility index (Phi) is 4.58. The minimum Gasteiger partial charge on any atom is -0.495 e. The molecule has 10 heteroatoms. The molecule has 0 radical (unpaired) electrons. The number of fused-ring (bicyclic) bond motifs is 1. The molecule has 1 aromatic heterocycles.